The fourth-order valence-corrected chi connectivity index (χ4v) is 3.43. The van der Waals surface area contributed by atoms with Gasteiger partial charge in [-0.15, -0.1) is 11.3 Å². The standard InChI is InChI=1S/C14H19NO3S/c1-9-8-19-13(14(17)18-2)12(9)15-11(16)7-10-5-3-4-6-10/h8,10H,3-7H2,1-2H3,(H,15,16). The molecule has 1 aliphatic carbocycles. The summed E-state index contributed by atoms with van der Waals surface area (Å²) in [5.74, 6) is 0.105. The van der Waals surface area contributed by atoms with Crippen molar-refractivity contribution in [3.8, 4) is 0 Å². The number of anilines is 1. The number of aryl methyl sites for hydroxylation is 1. The highest BCUT2D eigenvalue weighted by molar-refractivity contribution is 7.12. The first kappa shape index (κ1) is 14.1. The van der Waals surface area contributed by atoms with E-state index in [0.717, 1.165) is 18.4 Å². The molecule has 1 heterocycles. The van der Waals surface area contributed by atoms with Crippen molar-refractivity contribution in [3.63, 3.8) is 0 Å². The summed E-state index contributed by atoms with van der Waals surface area (Å²) in [5.41, 5.74) is 1.52. The zero-order valence-corrected chi connectivity index (χ0v) is 12.1. The smallest absolute Gasteiger partial charge is 0.350 e. The van der Waals surface area contributed by atoms with Crippen molar-refractivity contribution in [3.05, 3.63) is 15.8 Å². The number of hydrogen-bond donors (Lipinski definition) is 1. The van der Waals surface area contributed by atoms with Crippen molar-refractivity contribution in [2.24, 2.45) is 5.92 Å². The zero-order chi connectivity index (χ0) is 13.8. The van der Waals surface area contributed by atoms with Crippen LogP contribution < -0.4 is 5.32 Å². The Morgan fingerprint density at radius 3 is 2.74 bits per heavy atom. The predicted octanol–water partition coefficient (Wildman–Crippen LogP) is 3.36. The van der Waals surface area contributed by atoms with E-state index in [1.165, 1.54) is 31.3 Å². The second-order valence-corrected chi connectivity index (χ2v) is 5.90. The van der Waals surface area contributed by atoms with Gasteiger partial charge < -0.3 is 10.1 Å². The van der Waals surface area contributed by atoms with Gasteiger partial charge in [-0.05, 0) is 36.6 Å². The topological polar surface area (TPSA) is 55.4 Å². The lowest BCUT2D eigenvalue weighted by Gasteiger charge is -2.10. The monoisotopic (exact) mass is 281 g/mol. The Kier molecular flexibility index (Phi) is 4.58. The van der Waals surface area contributed by atoms with Crippen LogP contribution in [0.4, 0.5) is 5.69 Å². The minimum Gasteiger partial charge on any atom is -0.465 e. The van der Waals surface area contributed by atoms with Crippen LogP contribution >= 0.6 is 11.3 Å². The molecule has 19 heavy (non-hydrogen) atoms. The van der Waals surface area contributed by atoms with E-state index in [1.54, 1.807) is 0 Å². The molecule has 1 amide bonds. The molecule has 0 saturated heterocycles. The van der Waals surface area contributed by atoms with Crippen LogP contribution in [-0.4, -0.2) is 19.0 Å². The number of hydrogen-bond acceptors (Lipinski definition) is 4. The van der Waals surface area contributed by atoms with Crippen molar-refractivity contribution in [1.82, 2.24) is 0 Å². The van der Waals surface area contributed by atoms with Crippen molar-refractivity contribution in [2.75, 3.05) is 12.4 Å². The van der Waals surface area contributed by atoms with Crippen molar-refractivity contribution in [2.45, 2.75) is 39.0 Å². The highest BCUT2D eigenvalue weighted by atomic mass is 32.1. The second-order valence-electron chi connectivity index (χ2n) is 5.02. The third-order valence-corrected chi connectivity index (χ3v) is 4.64. The number of methoxy groups -OCH3 is 1. The van der Waals surface area contributed by atoms with E-state index in [9.17, 15) is 9.59 Å². The van der Waals surface area contributed by atoms with Crippen LogP contribution in [0.3, 0.4) is 0 Å². The van der Waals surface area contributed by atoms with E-state index in [4.69, 9.17) is 4.74 Å². The SMILES string of the molecule is COC(=O)c1scc(C)c1NC(=O)CC1CCCC1. The molecule has 1 aromatic rings. The van der Waals surface area contributed by atoms with Crippen LogP contribution in [0.2, 0.25) is 0 Å². The fraction of sp³-hybridized carbons (Fsp3) is 0.571. The number of amides is 1. The lowest BCUT2D eigenvalue weighted by atomic mass is 10.0. The molecule has 1 fully saturated rings. The minimum absolute atomic E-state index is 0.00134. The van der Waals surface area contributed by atoms with E-state index in [1.807, 2.05) is 12.3 Å². The number of rotatable bonds is 4. The number of carbonyl (C=O) groups is 2. The largest absolute Gasteiger partial charge is 0.465 e. The van der Waals surface area contributed by atoms with Gasteiger partial charge in [0.2, 0.25) is 5.91 Å². The number of ether oxygens (including phenoxy) is 1. The van der Waals surface area contributed by atoms with E-state index in [2.05, 4.69) is 5.32 Å². The van der Waals surface area contributed by atoms with Gasteiger partial charge >= 0.3 is 5.97 Å². The Hall–Kier alpha value is -1.36. The molecular weight excluding hydrogens is 262 g/mol. The molecular formula is C14H19NO3S. The van der Waals surface area contributed by atoms with Gasteiger partial charge in [-0.3, -0.25) is 4.79 Å². The van der Waals surface area contributed by atoms with Gasteiger partial charge in [0.1, 0.15) is 4.88 Å². The molecule has 4 nitrogen and oxygen atoms in total. The maximum absolute atomic E-state index is 12.0. The van der Waals surface area contributed by atoms with Gasteiger partial charge in [-0.2, -0.15) is 0 Å². The summed E-state index contributed by atoms with van der Waals surface area (Å²) < 4.78 is 4.73. The number of thiophene rings is 1. The lowest BCUT2D eigenvalue weighted by Crippen LogP contribution is -2.17. The molecule has 1 aromatic heterocycles. The number of carbonyl (C=O) groups excluding carboxylic acids is 2. The molecule has 0 aromatic carbocycles. The third-order valence-electron chi connectivity index (χ3n) is 3.56. The van der Waals surface area contributed by atoms with Gasteiger partial charge in [-0.25, -0.2) is 4.79 Å². The first-order valence-electron chi connectivity index (χ1n) is 6.58. The van der Waals surface area contributed by atoms with E-state index in [-0.39, 0.29) is 5.91 Å². The number of nitrogens with one attached hydrogen (secondary N) is 1. The van der Waals surface area contributed by atoms with Crippen LogP contribution in [0, 0.1) is 12.8 Å². The van der Waals surface area contributed by atoms with Crippen molar-refractivity contribution < 1.29 is 14.3 Å². The Labute approximate surface area is 117 Å². The van der Waals surface area contributed by atoms with Gasteiger partial charge in [0.05, 0.1) is 12.8 Å². The van der Waals surface area contributed by atoms with Crippen LogP contribution in [0.15, 0.2) is 5.38 Å². The van der Waals surface area contributed by atoms with Crippen molar-refractivity contribution in [1.29, 1.82) is 0 Å². The lowest BCUT2D eigenvalue weighted by molar-refractivity contribution is -0.117. The van der Waals surface area contributed by atoms with Gasteiger partial charge in [0.25, 0.3) is 0 Å². The molecule has 0 radical (unpaired) electrons. The van der Waals surface area contributed by atoms with Crippen LogP contribution in [0.5, 0.6) is 0 Å². The van der Waals surface area contributed by atoms with Gasteiger partial charge in [0.15, 0.2) is 0 Å². The van der Waals surface area contributed by atoms with Gasteiger partial charge in [-0.1, -0.05) is 12.8 Å². The molecule has 0 spiro atoms. The Morgan fingerprint density at radius 1 is 1.42 bits per heavy atom. The number of esters is 1. The van der Waals surface area contributed by atoms with Crippen molar-refractivity contribution >= 4 is 28.9 Å². The van der Waals surface area contributed by atoms with E-state index < -0.39 is 5.97 Å². The summed E-state index contributed by atoms with van der Waals surface area (Å²) in [4.78, 5) is 24.1. The Bertz CT molecular complexity index is 475. The second kappa shape index (κ2) is 6.19. The van der Waals surface area contributed by atoms with Gasteiger partial charge in [0, 0.05) is 6.42 Å². The highest BCUT2D eigenvalue weighted by Gasteiger charge is 2.22. The van der Waals surface area contributed by atoms with Crippen LogP contribution in [0.25, 0.3) is 0 Å². The normalized spacial score (nSPS) is 15.5. The highest BCUT2D eigenvalue weighted by Crippen LogP contribution is 2.31. The average molecular weight is 281 g/mol. The third kappa shape index (κ3) is 3.35. The molecule has 0 bridgehead atoms. The molecule has 0 unspecified atom stereocenters. The molecule has 0 aliphatic heterocycles. The first-order valence-corrected chi connectivity index (χ1v) is 7.46. The summed E-state index contributed by atoms with van der Waals surface area (Å²) in [6.07, 6.45) is 5.28. The molecule has 2 rings (SSSR count). The molecule has 1 N–H and O–H groups in total. The Balaban J connectivity index is 2.03. The average Bonchev–Trinajstić information content (AvgIpc) is 3.00. The maximum atomic E-state index is 12.0. The summed E-state index contributed by atoms with van der Waals surface area (Å²) in [5, 5.41) is 4.73. The fourth-order valence-electron chi connectivity index (χ4n) is 2.51. The molecule has 104 valence electrons. The maximum Gasteiger partial charge on any atom is 0.350 e. The van der Waals surface area contributed by atoms with E-state index >= 15 is 0 Å². The summed E-state index contributed by atoms with van der Waals surface area (Å²) in [6, 6.07) is 0. The summed E-state index contributed by atoms with van der Waals surface area (Å²) in [6.45, 7) is 1.88. The Morgan fingerprint density at radius 2 is 2.11 bits per heavy atom. The summed E-state index contributed by atoms with van der Waals surface area (Å²) in [7, 11) is 1.35. The zero-order valence-electron chi connectivity index (χ0n) is 11.3. The quantitative estimate of drug-likeness (QED) is 0.861. The molecule has 0 atom stereocenters. The molecule has 5 heteroatoms. The van der Waals surface area contributed by atoms with E-state index in [0.29, 0.717) is 22.9 Å². The predicted molar refractivity (Wildman–Crippen MR) is 75.6 cm³/mol. The molecule has 1 aliphatic rings. The molecule has 1 saturated carbocycles. The minimum atomic E-state index is -0.394. The van der Waals surface area contributed by atoms with Crippen LogP contribution in [-0.2, 0) is 9.53 Å². The summed E-state index contributed by atoms with van der Waals surface area (Å²) >= 11 is 1.30. The van der Waals surface area contributed by atoms with Crippen LogP contribution in [0.1, 0.15) is 47.3 Å². The first-order chi connectivity index (χ1) is 9.11.